The first-order valence-electron chi connectivity index (χ1n) is 7.04. The lowest BCUT2D eigenvalue weighted by atomic mass is 10.3. The molecule has 0 fully saturated rings. The minimum Gasteiger partial charge on any atom is -0.424 e. The summed E-state index contributed by atoms with van der Waals surface area (Å²) in [5.41, 5.74) is 0. The maximum absolute atomic E-state index is 5.66. The van der Waals surface area contributed by atoms with Gasteiger partial charge in [-0.15, -0.1) is 4.98 Å². The first kappa shape index (κ1) is 14.0. The van der Waals surface area contributed by atoms with Crippen LogP contribution in [0.25, 0.3) is 0 Å². The molecule has 0 amide bonds. The van der Waals surface area contributed by atoms with Crippen LogP contribution in [0.5, 0.6) is 23.5 Å². The van der Waals surface area contributed by atoms with Crippen LogP contribution >= 0.6 is 0 Å². The summed E-state index contributed by atoms with van der Waals surface area (Å²) in [6, 6.07) is 19.2. The summed E-state index contributed by atoms with van der Waals surface area (Å²) in [5, 5.41) is 0. The molecule has 1 aromatic heterocycles. The fourth-order valence-corrected chi connectivity index (χ4v) is 1.81. The standard InChI is InChI=1S/C17H15N3O2/c1-2-15-18-16(21-13-9-5-3-6-10-13)20-17(19-15)22-14-11-7-4-8-12-14/h3-12H,2H2,1H3. The van der Waals surface area contributed by atoms with Gasteiger partial charge in [-0.1, -0.05) is 43.3 Å². The molecule has 0 aliphatic rings. The highest BCUT2D eigenvalue weighted by Gasteiger charge is 2.09. The predicted octanol–water partition coefficient (Wildman–Crippen LogP) is 4.02. The van der Waals surface area contributed by atoms with Crippen molar-refractivity contribution in [2.75, 3.05) is 0 Å². The average molecular weight is 293 g/mol. The SMILES string of the molecule is CCc1nc(Oc2ccccc2)nc(Oc2ccccc2)n1. The second kappa shape index (κ2) is 6.67. The molecule has 3 rings (SSSR count). The van der Waals surface area contributed by atoms with Crippen LogP contribution in [-0.4, -0.2) is 15.0 Å². The van der Waals surface area contributed by atoms with Crippen molar-refractivity contribution in [3.63, 3.8) is 0 Å². The molecule has 0 unspecified atom stereocenters. The van der Waals surface area contributed by atoms with E-state index in [2.05, 4.69) is 15.0 Å². The third kappa shape index (κ3) is 3.58. The van der Waals surface area contributed by atoms with Crippen molar-refractivity contribution in [1.82, 2.24) is 15.0 Å². The third-order valence-corrected chi connectivity index (χ3v) is 2.86. The zero-order valence-corrected chi connectivity index (χ0v) is 12.1. The van der Waals surface area contributed by atoms with Gasteiger partial charge in [0.2, 0.25) is 0 Å². The van der Waals surface area contributed by atoms with Gasteiger partial charge in [0.1, 0.15) is 17.3 Å². The number of hydrogen-bond acceptors (Lipinski definition) is 5. The van der Waals surface area contributed by atoms with Crippen LogP contribution in [0.15, 0.2) is 60.7 Å². The number of ether oxygens (including phenoxy) is 2. The smallest absolute Gasteiger partial charge is 0.328 e. The summed E-state index contributed by atoms with van der Waals surface area (Å²) >= 11 is 0. The molecule has 0 aliphatic heterocycles. The molecule has 0 aliphatic carbocycles. The predicted molar refractivity (Wildman–Crippen MR) is 82.2 cm³/mol. The van der Waals surface area contributed by atoms with E-state index < -0.39 is 0 Å². The molecule has 0 atom stereocenters. The van der Waals surface area contributed by atoms with Gasteiger partial charge in [0.05, 0.1) is 0 Å². The second-order valence-corrected chi connectivity index (χ2v) is 4.50. The zero-order valence-electron chi connectivity index (χ0n) is 12.1. The van der Waals surface area contributed by atoms with Gasteiger partial charge in [-0.3, -0.25) is 0 Å². The fourth-order valence-electron chi connectivity index (χ4n) is 1.81. The summed E-state index contributed by atoms with van der Waals surface area (Å²) in [4.78, 5) is 12.7. The van der Waals surface area contributed by atoms with Crippen molar-refractivity contribution in [3.8, 4) is 23.5 Å². The number of nitrogens with zero attached hydrogens (tertiary/aromatic N) is 3. The van der Waals surface area contributed by atoms with Gasteiger partial charge in [-0.2, -0.15) is 9.97 Å². The van der Waals surface area contributed by atoms with Crippen molar-refractivity contribution in [2.45, 2.75) is 13.3 Å². The Balaban J connectivity index is 1.86. The Kier molecular flexibility index (Phi) is 4.25. The van der Waals surface area contributed by atoms with Gasteiger partial charge in [0.25, 0.3) is 0 Å². The third-order valence-electron chi connectivity index (χ3n) is 2.86. The van der Waals surface area contributed by atoms with Crippen LogP contribution in [0.4, 0.5) is 0 Å². The Morgan fingerprint density at radius 3 is 1.55 bits per heavy atom. The van der Waals surface area contributed by atoms with Gasteiger partial charge >= 0.3 is 12.0 Å². The Morgan fingerprint density at radius 2 is 1.14 bits per heavy atom. The minimum absolute atomic E-state index is 0.226. The molecular weight excluding hydrogens is 278 g/mol. The van der Waals surface area contributed by atoms with Crippen LogP contribution in [-0.2, 0) is 6.42 Å². The van der Waals surface area contributed by atoms with Gasteiger partial charge in [-0.05, 0) is 24.3 Å². The minimum atomic E-state index is 0.226. The average Bonchev–Trinajstić information content (AvgIpc) is 2.56. The highest BCUT2D eigenvalue weighted by atomic mass is 16.5. The summed E-state index contributed by atoms with van der Waals surface area (Å²) in [6.45, 7) is 1.97. The topological polar surface area (TPSA) is 57.1 Å². The molecular formula is C17H15N3O2. The van der Waals surface area contributed by atoms with E-state index in [-0.39, 0.29) is 12.0 Å². The molecule has 0 bridgehead atoms. The van der Waals surface area contributed by atoms with Gasteiger partial charge in [0, 0.05) is 6.42 Å². The fraction of sp³-hybridized carbons (Fsp3) is 0.118. The van der Waals surface area contributed by atoms with Gasteiger partial charge in [-0.25, -0.2) is 0 Å². The Morgan fingerprint density at radius 1 is 0.682 bits per heavy atom. The zero-order chi connectivity index (χ0) is 15.2. The van der Waals surface area contributed by atoms with E-state index in [1.165, 1.54) is 0 Å². The first-order chi connectivity index (χ1) is 10.8. The molecule has 22 heavy (non-hydrogen) atoms. The van der Waals surface area contributed by atoms with E-state index in [9.17, 15) is 0 Å². The van der Waals surface area contributed by atoms with Crippen LogP contribution in [0, 0.1) is 0 Å². The summed E-state index contributed by atoms with van der Waals surface area (Å²) < 4.78 is 11.3. The molecule has 110 valence electrons. The molecule has 0 saturated carbocycles. The summed E-state index contributed by atoms with van der Waals surface area (Å²) in [6.07, 6.45) is 0.665. The van der Waals surface area contributed by atoms with Crippen LogP contribution in [0.2, 0.25) is 0 Å². The monoisotopic (exact) mass is 293 g/mol. The summed E-state index contributed by atoms with van der Waals surface area (Å²) in [7, 11) is 0. The molecule has 1 heterocycles. The Labute approximate surface area is 128 Å². The highest BCUT2D eigenvalue weighted by Crippen LogP contribution is 2.22. The lowest BCUT2D eigenvalue weighted by molar-refractivity contribution is 0.393. The van der Waals surface area contributed by atoms with Crippen molar-refractivity contribution in [3.05, 3.63) is 66.5 Å². The van der Waals surface area contributed by atoms with Crippen molar-refractivity contribution < 1.29 is 9.47 Å². The van der Waals surface area contributed by atoms with E-state index in [1.54, 1.807) is 0 Å². The normalized spacial score (nSPS) is 10.2. The number of aromatic nitrogens is 3. The molecule has 2 aromatic carbocycles. The first-order valence-corrected chi connectivity index (χ1v) is 7.04. The van der Waals surface area contributed by atoms with E-state index in [4.69, 9.17) is 9.47 Å². The molecule has 3 aromatic rings. The molecule has 0 radical (unpaired) electrons. The van der Waals surface area contributed by atoms with Gasteiger partial charge < -0.3 is 9.47 Å². The number of aryl methyl sites for hydroxylation is 1. The highest BCUT2D eigenvalue weighted by molar-refractivity contribution is 5.26. The van der Waals surface area contributed by atoms with E-state index in [0.717, 1.165) is 0 Å². The molecule has 0 saturated heterocycles. The van der Waals surface area contributed by atoms with Crippen LogP contribution < -0.4 is 9.47 Å². The molecule has 5 heteroatoms. The maximum Gasteiger partial charge on any atom is 0.328 e. The van der Waals surface area contributed by atoms with Crippen molar-refractivity contribution >= 4 is 0 Å². The van der Waals surface area contributed by atoms with E-state index in [1.807, 2.05) is 67.6 Å². The van der Waals surface area contributed by atoms with E-state index in [0.29, 0.717) is 23.7 Å². The molecule has 0 N–H and O–H groups in total. The largest absolute Gasteiger partial charge is 0.424 e. The Bertz CT molecular complexity index is 674. The van der Waals surface area contributed by atoms with Crippen LogP contribution in [0.3, 0.4) is 0 Å². The van der Waals surface area contributed by atoms with E-state index >= 15 is 0 Å². The Hall–Kier alpha value is -2.95. The second-order valence-electron chi connectivity index (χ2n) is 4.50. The number of para-hydroxylation sites is 2. The quantitative estimate of drug-likeness (QED) is 0.711. The lowest BCUT2D eigenvalue weighted by Gasteiger charge is -2.08. The van der Waals surface area contributed by atoms with Crippen LogP contribution in [0.1, 0.15) is 12.7 Å². The molecule has 5 nitrogen and oxygen atoms in total. The number of benzene rings is 2. The molecule has 0 spiro atoms. The lowest BCUT2D eigenvalue weighted by Crippen LogP contribution is -2.02. The maximum atomic E-state index is 5.66. The number of rotatable bonds is 5. The van der Waals surface area contributed by atoms with Crippen molar-refractivity contribution in [1.29, 1.82) is 0 Å². The summed E-state index contributed by atoms with van der Waals surface area (Å²) in [5.74, 6) is 1.95. The van der Waals surface area contributed by atoms with Crippen molar-refractivity contribution in [2.24, 2.45) is 0 Å². The number of hydrogen-bond donors (Lipinski definition) is 0. The van der Waals surface area contributed by atoms with Gasteiger partial charge in [0.15, 0.2) is 0 Å².